The standard InChI is InChI=1S/C23H28Se/c1-22(2)20-14-13-17-9-7-8-12-19(17)23(20,3)16-15-21(22)24-18-10-5-4-6-11-18/h4-12,20-21H,13-16H2,1-3H3/t20-,21-,23+/m0/s1. The third kappa shape index (κ3) is 2.57. The van der Waals surface area contributed by atoms with Gasteiger partial charge in [0, 0.05) is 0 Å². The minimum absolute atomic E-state index is 0.377. The van der Waals surface area contributed by atoms with Crippen LogP contribution in [0.2, 0.25) is 4.82 Å². The van der Waals surface area contributed by atoms with Crippen molar-refractivity contribution < 1.29 is 0 Å². The molecule has 24 heavy (non-hydrogen) atoms. The van der Waals surface area contributed by atoms with E-state index in [0.717, 1.165) is 10.7 Å². The molecule has 2 aromatic carbocycles. The molecule has 0 nitrogen and oxygen atoms in total. The third-order valence-electron chi connectivity index (χ3n) is 6.78. The molecule has 0 bridgehead atoms. The Morgan fingerprint density at radius 1 is 0.875 bits per heavy atom. The van der Waals surface area contributed by atoms with Gasteiger partial charge < -0.3 is 0 Å². The second kappa shape index (κ2) is 6.04. The van der Waals surface area contributed by atoms with Crippen LogP contribution in [0.5, 0.6) is 0 Å². The van der Waals surface area contributed by atoms with Crippen LogP contribution in [0.15, 0.2) is 54.6 Å². The molecule has 1 heteroatoms. The Morgan fingerprint density at radius 3 is 2.38 bits per heavy atom. The molecule has 0 aromatic heterocycles. The van der Waals surface area contributed by atoms with Crippen molar-refractivity contribution in [3.8, 4) is 0 Å². The normalized spacial score (nSPS) is 31.1. The first-order valence-corrected chi connectivity index (χ1v) is 11.2. The molecule has 0 saturated heterocycles. The summed E-state index contributed by atoms with van der Waals surface area (Å²) < 4.78 is 1.57. The van der Waals surface area contributed by atoms with Gasteiger partial charge in [-0.1, -0.05) is 0 Å². The molecule has 2 aliphatic rings. The van der Waals surface area contributed by atoms with Crippen LogP contribution in [-0.4, -0.2) is 15.0 Å². The van der Waals surface area contributed by atoms with Crippen LogP contribution >= 0.6 is 0 Å². The summed E-state index contributed by atoms with van der Waals surface area (Å²) in [7, 11) is 0. The van der Waals surface area contributed by atoms with Gasteiger partial charge in [0.15, 0.2) is 0 Å². The summed E-state index contributed by atoms with van der Waals surface area (Å²) in [4.78, 5) is 0.857. The first-order chi connectivity index (χ1) is 11.5. The van der Waals surface area contributed by atoms with Crippen molar-refractivity contribution in [2.24, 2.45) is 11.3 Å². The van der Waals surface area contributed by atoms with Crippen LogP contribution in [0.1, 0.15) is 51.2 Å². The monoisotopic (exact) mass is 384 g/mol. The van der Waals surface area contributed by atoms with Gasteiger partial charge in [-0.15, -0.1) is 0 Å². The van der Waals surface area contributed by atoms with Crippen molar-refractivity contribution in [1.82, 2.24) is 0 Å². The molecule has 4 rings (SSSR count). The van der Waals surface area contributed by atoms with Gasteiger partial charge in [0.2, 0.25) is 0 Å². The van der Waals surface area contributed by atoms with E-state index in [1.807, 2.05) is 0 Å². The van der Waals surface area contributed by atoms with Crippen LogP contribution in [0.4, 0.5) is 0 Å². The molecule has 0 amide bonds. The average molecular weight is 383 g/mol. The molecule has 3 atom stereocenters. The first-order valence-electron chi connectivity index (χ1n) is 9.32. The van der Waals surface area contributed by atoms with Crippen molar-refractivity contribution >= 4 is 19.4 Å². The Morgan fingerprint density at radius 2 is 1.58 bits per heavy atom. The van der Waals surface area contributed by atoms with E-state index in [1.165, 1.54) is 25.7 Å². The van der Waals surface area contributed by atoms with E-state index in [4.69, 9.17) is 0 Å². The van der Waals surface area contributed by atoms with E-state index in [-0.39, 0.29) is 0 Å². The van der Waals surface area contributed by atoms with Gasteiger partial charge in [0.25, 0.3) is 0 Å². The van der Waals surface area contributed by atoms with E-state index in [2.05, 4.69) is 75.4 Å². The van der Waals surface area contributed by atoms with Crippen molar-refractivity contribution in [1.29, 1.82) is 0 Å². The van der Waals surface area contributed by atoms with E-state index in [9.17, 15) is 0 Å². The van der Waals surface area contributed by atoms with Crippen LogP contribution < -0.4 is 4.46 Å². The van der Waals surface area contributed by atoms with E-state index in [1.54, 1.807) is 15.6 Å². The predicted octanol–water partition coefficient (Wildman–Crippen LogP) is 5.14. The summed E-state index contributed by atoms with van der Waals surface area (Å²) in [6, 6.07) is 20.5. The van der Waals surface area contributed by atoms with Crippen molar-refractivity contribution in [3.05, 3.63) is 65.7 Å². The predicted molar refractivity (Wildman–Crippen MR) is 104 cm³/mol. The van der Waals surface area contributed by atoms with Crippen LogP contribution in [0, 0.1) is 11.3 Å². The molecule has 1 fully saturated rings. The summed E-state index contributed by atoms with van der Waals surface area (Å²) in [5.74, 6) is 0.809. The molecule has 126 valence electrons. The fraction of sp³-hybridized carbons (Fsp3) is 0.478. The van der Waals surface area contributed by atoms with Gasteiger partial charge in [-0.2, -0.15) is 0 Å². The number of fused-ring (bicyclic) bond motifs is 3. The zero-order valence-electron chi connectivity index (χ0n) is 15.1. The maximum absolute atomic E-state index is 2.57. The third-order valence-corrected chi connectivity index (χ3v) is 10.3. The molecule has 0 aliphatic heterocycles. The fourth-order valence-electron chi connectivity index (χ4n) is 5.51. The average Bonchev–Trinajstić information content (AvgIpc) is 2.59. The van der Waals surface area contributed by atoms with Crippen LogP contribution in [0.25, 0.3) is 0 Å². The molecular weight excluding hydrogens is 355 g/mol. The maximum atomic E-state index is 2.57. The second-order valence-corrected chi connectivity index (χ2v) is 11.1. The zero-order chi connectivity index (χ0) is 16.8. The van der Waals surface area contributed by atoms with E-state index < -0.39 is 0 Å². The summed E-state index contributed by atoms with van der Waals surface area (Å²) in [5, 5.41) is 0. The van der Waals surface area contributed by atoms with Gasteiger partial charge in [0.1, 0.15) is 0 Å². The van der Waals surface area contributed by atoms with Crippen molar-refractivity contribution in [2.75, 3.05) is 0 Å². The fourth-order valence-corrected chi connectivity index (χ4v) is 8.33. The first kappa shape index (κ1) is 16.4. The molecule has 2 aliphatic carbocycles. The SMILES string of the molecule is CC1(C)[C@@H]([Se]c2ccccc2)CC[C@]2(C)c3ccccc3CC[C@@H]12. The number of hydrogen-bond acceptors (Lipinski definition) is 0. The number of aryl methyl sites for hydroxylation is 1. The van der Waals surface area contributed by atoms with E-state index >= 15 is 0 Å². The van der Waals surface area contributed by atoms with Crippen molar-refractivity contribution in [3.63, 3.8) is 0 Å². The van der Waals surface area contributed by atoms with Gasteiger partial charge in [0.05, 0.1) is 0 Å². The summed E-state index contributed by atoms with van der Waals surface area (Å²) >= 11 is 0.586. The molecule has 1 saturated carbocycles. The van der Waals surface area contributed by atoms with Gasteiger partial charge in [-0.3, -0.25) is 0 Å². The van der Waals surface area contributed by atoms with Gasteiger partial charge in [-0.25, -0.2) is 0 Å². The zero-order valence-corrected chi connectivity index (χ0v) is 16.8. The molecule has 2 aromatic rings. The number of hydrogen-bond donors (Lipinski definition) is 0. The minimum atomic E-state index is 0.377. The molecule has 0 unspecified atom stereocenters. The second-order valence-electron chi connectivity index (χ2n) is 8.45. The van der Waals surface area contributed by atoms with Crippen molar-refractivity contribution in [2.45, 2.75) is 56.7 Å². The Kier molecular flexibility index (Phi) is 4.14. The Bertz CT molecular complexity index is 718. The summed E-state index contributed by atoms with van der Waals surface area (Å²) in [6.45, 7) is 7.69. The van der Waals surface area contributed by atoms with Gasteiger partial charge >= 0.3 is 153 Å². The Labute approximate surface area is 153 Å². The van der Waals surface area contributed by atoms with Crippen LogP contribution in [-0.2, 0) is 11.8 Å². The molecule has 0 spiro atoms. The molecule has 0 radical (unpaired) electrons. The topological polar surface area (TPSA) is 0 Å². The van der Waals surface area contributed by atoms with Gasteiger partial charge in [-0.05, 0) is 0 Å². The molecule has 0 N–H and O–H groups in total. The van der Waals surface area contributed by atoms with Crippen LogP contribution in [0.3, 0.4) is 0 Å². The Hall–Kier alpha value is -1.04. The number of rotatable bonds is 2. The number of benzene rings is 2. The van der Waals surface area contributed by atoms with E-state index in [0.29, 0.717) is 25.8 Å². The quantitative estimate of drug-likeness (QED) is 0.630. The summed E-state index contributed by atoms with van der Waals surface area (Å²) in [5.41, 5.74) is 4.07. The molecule has 0 heterocycles. The Balaban J connectivity index is 1.66. The molecular formula is C23H28Se. The summed E-state index contributed by atoms with van der Waals surface area (Å²) in [6.07, 6.45) is 5.37.